The second-order valence-electron chi connectivity index (χ2n) is 4.03. The first-order valence-corrected chi connectivity index (χ1v) is 6.51. The van der Waals surface area contributed by atoms with Crippen LogP contribution < -0.4 is 10.6 Å². The lowest BCUT2D eigenvalue weighted by molar-refractivity contribution is 0.251. The fourth-order valence-electron chi connectivity index (χ4n) is 1.53. The topological polar surface area (TPSA) is 61.4 Å². The third-order valence-electron chi connectivity index (χ3n) is 2.45. The zero-order chi connectivity index (χ0) is 13.2. The molecule has 18 heavy (non-hydrogen) atoms. The third kappa shape index (κ3) is 6.47. The van der Waals surface area contributed by atoms with Gasteiger partial charge in [0.25, 0.3) is 0 Å². The molecule has 2 amide bonds. The Morgan fingerprint density at radius 1 is 1.22 bits per heavy atom. The van der Waals surface area contributed by atoms with Crippen molar-refractivity contribution >= 4 is 23.3 Å². The molecule has 4 nitrogen and oxygen atoms in total. The van der Waals surface area contributed by atoms with E-state index in [9.17, 15) is 4.79 Å². The van der Waals surface area contributed by atoms with Gasteiger partial charge in [0.1, 0.15) is 0 Å². The first-order valence-electron chi connectivity index (χ1n) is 6.13. The van der Waals surface area contributed by atoms with Crippen molar-refractivity contribution in [3.8, 4) is 0 Å². The monoisotopic (exact) mass is 270 g/mol. The van der Waals surface area contributed by atoms with Crippen molar-refractivity contribution in [3.05, 3.63) is 29.3 Å². The molecule has 0 spiro atoms. The van der Waals surface area contributed by atoms with Gasteiger partial charge in [0.15, 0.2) is 0 Å². The molecule has 5 heteroatoms. The SMILES string of the molecule is O=C(NCCCCCCO)Nc1cccc(Cl)c1. The number of rotatable bonds is 7. The summed E-state index contributed by atoms with van der Waals surface area (Å²) in [5.41, 5.74) is 0.681. The van der Waals surface area contributed by atoms with Gasteiger partial charge in [-0.3, -0.25) is 0 Å². The smallest absolute Gasteiger partial charge is 0.319 e. The van der Waals surface area contributed by atoms with Crippen LogP contribution in [0.1, 0.15) is 25.7 Å². The maximum absolute atomic E-state index is 11.5. The van der Waals surface area contributed by atoms with E-state index in [1.54, 1.807) is 24.3 Å². The van der Waals surface area contributed by atoms with E-state index in [0.717, 1.165) is 25.7 Å². The van der Waals surface area contributed by atoms with Gasteiger partial charge < -0.3 is 15.7 Å². The third-order valence-corrected chi connectivity index (χ3v) is 2.69. The van der Waals surface area contributed by atoms with E-state index in [2.05, 4.69) is 10.6 Å². The number of benzene rings is 1. The van der Waals surface area contributed by atoms with Crippen LogP contribution in [-0.2, 0) is 0 Å². The lowest BCUT2D eigenvalue weighted by atomic mass is 10.2. The van der Waals surface area contributed by atoms with Crippen molar-refractivity contribution in [2.45, 2.75) is 25.7 Å². The predicted molar refractivity (Wildman–Crippen MR) is 74.0 cm³/mol. The molecular weight excluding hydrogens is 252 g/mol. The molecule has 0 radical (unpaired) electrons. The van der Waals surface area contributed by atoms with Crippen molar-refractivity contribution in [2.75, 3.05) is 18.5 Å². The highest BCUT2D eigenvalue weighted by Gasteiger charge is 2.00. The van der Waals surface area contributed by atoms with E-state index in [0.29, 0.717) is 17.3 Å². The van der Waals surface area contributed by atoms with Gasteiger partial charge in [0.05, 0.1) is 0 Å². The first kappa shape index (κ1) is 14.8. The van der Waals surface area contributed by atoms with Gasteiger partial charge in [0, 0.05) is 23.9 Å². The number of nitrogens with one attached hydrogen (secondary N) is 2. The average Bonchev–Trinajstić information content (AvgIpc) is 2.33. The Morgan fingerprint density at radius 3 is 2.72 bits per heavy atom. The van der Waals surface area contributed by atoms with Crippen LogP contribution in [-0.4, -0.2) is 24.3 Å². The molecule has 0 aliphatic carbocycles. The van der Waals surface area contributed by atoms with E-state index >= 15 is 0 Å². The molecule has 0 aromatic heterocycles. The zero-order valence-corrected chi connectivity index (χ0v) is 11.0. The number of hydrogen-bond acceptors (Lipinski definition) is 2. The number of anilines is 1. The number of amides is 2. The highest BCUT2D eigenvalue weighted by atomic mass is 35.5. The summed E-state index contributed by atoms with van der Waals surface area (Å²) in [7, 11) is 0. The lowest BCUT2D eigenvalue weighted by Crippen LogP contribution is -2.29. The molecule has 1 aromatic rings. The highest BCUT2D eigenvalue weighted by Crippen LogP contribution is 2.14. The van der Waals surface area contributed by atoms with Gasteiger partial charge in [-0.2, -0.15) is 0 Å². The summed E-state index contributed by atoms with van der Waals surface area (Å²) in [6.07, 6.45) is 3.75. The summed E-state index contributed by atoms with van der Waals surface area (Å²) in [6, 6.07) is 6.80. The number of carbonyl (C=O) groups is 1. The second kappa shape index (κ2) is 8.78. The molecule has 0 fully saturated rings. The van der Waals surface area contributed by atoms with E-state index in [-0.39, 0.29) is 12.6 Å². The van der Waals surface area contributed by atoms with Gasteiger partial charge in [-0.25, -0.2) is 4.79 Å². The normalized spacial score (nSPS) is 10.1. The second-order valence-corrected chi connectivity index (χ2v) is 4.47. The molecule has 0 heterocycles. The lowest BCUT2D eigenvalue weighted by Gasteiger charge is -2.07. The van der Waals surface area contributed by atoms with Crippen LogP contribution in [0.15, 0.2) is 24.3 Å². The quantitative estimate of drug-likeness (QED) is 0.667. The summed E-state index contributed by atoms with van der Waals surface area (Å²) < 4.78 is 0. The van der Waals surface area contributed by atoms with Gasteiger partial charge in [0.2, 0.25) is 0 Å². The Bertz CT molecular complexity index is 372. The van der Waals surface area contributed by atoms with Crippen molar-refractivity contribution in [1.82, 2.24) is 5.32 Å². The predicted octanol–water partition coefficient (Wildman–Crippen LogP) is 3.01. The fraction of sp³-hybridized carbons (Fsp3) is 0.462. The average molecular weight is 271 g/mol. The van der Waals surface area contributed by atoms with Gasteiger partial charge in [-0.1, -0.05) is 30.5 Å². The first-order chi connectivity index (χ1) is 8.72. The number of unbranched alkanes of at least 4 members (excludes halogenated alkanes) is 3. The number of carbonyl (C=O) groups excluding carboxylic acids is 1. The summed E-state index contributed by atoms with van der Waals surface area (Å²) in [4.78, 5) is 11.5. The Labute approximate surface area is 112 Å². The number of hydrogen-bond donors (Lipinski definition) is 3. The number of aliphatic hydroxyl groups excluding tert-OH is 1. The van der Waals surface area contributed by atoms with Crippen LogP contribution in [0.2, 0.25) is 5.02 Å². The maximum atomic E-state index is 11.5. The van der Waals surface area contributed by atoms with Gasteiger partial charge >= 0.3 is 6.03 Å². The number of urea groups is 1. The van der Waals surface area contributed by atoms with E-state index in [4.69, 9.17) is 16.7 Å². The minimum absolute atomic E-state index is 0.223. The Morgan fingerprint density at radius 2 is 2.00 bits per heavy atom. The van der Waals surface area contributed by atoms with Gasteiger partial charge in [-0.15, -0.1) is 0 Å². The standard InChI is InChI=1S/C13H19ClN2O2/c14-11-6-5-7-12(10-11)16-13(18)15-8-3-1-2-4-9-17/h5-7,10,17H,1-4,8-9H2,(H2,15,16,18). The van der Waals surface area contributed by atoms with Crippen LogP contribution in [0.4, 0.5) is 10.5 Å². The van der Waals surface area contributed by atoms with Crippen LogP contribution in [0.25, 0.3) is 0 Å². The maximum Gasteiger partial charge on any atom is 0.319 e. The Balaban J connectivity index is 2.14. The molecule has 0 unspecified atom stereocenters. The number of aliphatic hydroxyl groups is 1. The molecule has 0 aliphatic heterocycles. The van der Waals surface area contributed by atoms with Crippen molar-refractivity contribution in [2.24, 2.45) is 0 Å². The summed E-state index contributed by atoms with van der Waals surface area (Å²) in [5.74, 6) is 0. The summed E-state index contributed by atoms with van der Waals surface area (Å²) in [6.45, 7) is 0.876. The number of halogens is 1. The summed E-state index contributed by atoms with van der Waals surface area (Å²) >= 11 is 5.81. The largest absolute Gasteiger partial charge is 0.396 e. The van der Waals surface area contributed by atoms with Crippen molar-refractivity contribution in [3.63, 3.8) is 0 Å². The van der Waals surface area contributed by atoms with Crippen LogP contribution >= 0.6 is 11.6 Å². The van der Waals surface area contributed by atoms with Crippen LogP contribution in [0, 0.1) is 0 Å². The van der Waals surface area contributed by atoms with Crippen LogP contribution in [0.5, 0.6) is 0 Å². The zero-order valence-electron chi connectivity index (χ0n) is 10.3. The molecule has 0 atom stereocenters. The molecule has 0 saturated carbocycles. The fourth-order valence-corrected chi connectivity index (χ4v) is 1.72. The highest BCUT2D eigenvalue weighted by molar-refractivity contribution is 6.30. The minimum Gasteiger partial charge on any atom is -0.396 e. The molecule has 0 aliphatic rings. The molecule has 1 rings (SSSR count). The molecule has 3 N–H and O–H groups in total. The van der Waals surface area contributed by atoms with Gasteiger partial charge in [-0.05, 0) is 31.0 Å². The van der Waals surface area contributed by atoms with Crippen LogP contribution in [0.3, 0.4) is 0 Å². The van der Waals surface area contributed by atoms with Crippen molar-refractivity contribution in [1.29, 1.82) is 0 Å². The molecule has 0 saturated heterocycles. The molecule has 0 bridgehead atoms. The van der Waals surface area contributed by atoms with E-state index in [1.807, 2.05) is 0 Å². The molecule has 100 valence electrons. The summed E-state index contributed by atoms with van der Waals surface area (Å²) in [5, 5.41) is 14.7. The minimum atomic E-state index is -0.223. The van der Waals surface area contributed by atoms with E-state index < -0.39 is 0 Å². The Hall–Kier alpha value is -1.26. The van der Waals surface area contributed by atoms with Crippen molar-refractivity contribution < 1.29 is 9.90 Å². The molecule has 1 aromatic carbocycles. The molecular formula is C13H19ClN2O2. The van der Waals surface area contributed by atoms with E-state index in [1.165, 1.54) is 0 Å². The Kier molecular flexibility index (Phi) is 7.22.